The summed E-state index contributed by atoms with van der Waals surface area (Å²) in [7, 11) is -3.77. The van der Waals surface area contributed by atoms with E-state index in [9.17, 15) is 8.42 Å². The molecule has 5 nitrogen and oxygen atoms in total. The first-order valence-corrected chi connectivity index (χ1v) is 9.26. The highest BCUT2D eigenvalue weighted by Gasteiger charge is 2.16. The Morgan fingerprint density at radius 1 is 1.17 bits per heavy atom. The van der Waals surface area contributed by atoms with Crippen LogP contribution in [0.4, 0.5) is 11.5 Å². The Hall–Kier alpha value is -1.50. The van der Waals surface area contributed by atoms with Crippen LogP contribution >= 0.6 is 23.2 Å². The molecular formula is C15H17Cl2N3O2S. The number of nitrogens with one attached hydrogen (secondary N) is 2. The number of halogens is 2. The van der Waals surface area contributed by atoms with Gasteiger partial charge in [-0.15, -0.1) is 0 Å². The van der Waals surface area contributed by atoms with Gasteiger partial charge < -0.3 is 5.32 Å². The quantitative estimate of drug-likeness (QED) is 0.786. The Kier molecular flexibility index (Phi) is 5.73. The average molecular weight is 374 g/mol. The van der Waals surface area contributed by atoms with E-state index < -0.39 is 10.0 Å². The normalized spacial score (nSPS) is 12.7. The van der Waals surface area contributed by atoms with Gasteiger partial charge in [0.1, 0.15) is 5.82 Å². The van der Waals surface area contributed by atoms with Gasteiger partial charge in [0.2, 0.25) is 0 Å². The van der Waals surface area contributed by atoms with Crippen molar-refractivity contribution in [3.8, 4) is 0 Å². The van der Waals surface area contributed by atoms with Crippen LogP contribution in [0.2, 0.25) is 10.0 Å². The molecule has 0 fully saturated rings. The molecule has 0 aliphatic carbocycles. The van der Waals surface area contributed by atoms with E-state index in [2.05, 4.69) is 28.9 Å². The zero-order chi connectivity index (χ0) is 17.0. The SMILES string of the molecule is CCC(C)Nc1ccc(NS(=O)(=O)c2ccc(Cl)c(Cl)c2)nc1. The van der Waals surface area contributed by atoms with Gasteiger partial charge in [-0.25, -0.2) is 13.4 Å². The molecule has 1 aromatic heterocycles. The van der Waals surface area contributed by atoms with Crippen molar-refractivity contribution in [3.63, 3.8) is 0 Å². The Morgan fingerprint density at radius 3 is 2.48 bits per heavy atom. The predicted octanol–water partition coefficient (Wildman–Crippen LogP) is 4.40. The van der Waals surface area contributed by atoms with Crippen LogP contribution in [0.25, 0.3) is 0 Å². The second-order valence-corrected chi connectivity index (χ2v) is 7.56. The third-order valence-electron chi connectivity index (χ3n) is 3.23. The lowest BCUT2D eigenvalue weighted by Crippen LogP contribution is -2.15. The summed E-state index contributed by atoms with van der Waals surface area (Å²) in [5, 5.41) is 3.73. The van der Waals surface area contributed by atoms with Crippen LogP contribution in [-0.4, -0.2) is 19.4 Å². The van der Waals surface area contributed by atoms with E-state index in [0.29, 0.717) is 11.1 Å². The van der Waals surface area contributed by atoms with E-state index in [1.165, 1.54) is 18.2 Å². The summed E-state index contributed by atoms with van der Waals surface area (Å²) in [4.78, 5) is 4.13. The molecule has 0 bridgehead atoms. The monoisotopic (exact) mass is 373 g/mol. The first-order chi connectivity index (χ1) is 10.8. The maximum atomic E-state index is 12.3. The fourth-order valence-electron chi connectivity index (χ4n) is 1.77. The Bertz CT molecular complexity index is 780. The van der Waals surface area contributed by atoms with Crippen LogP contribution in [-0.2, 0) is 10.0 Å². The van der Waals surface area contributed by atoms with Crippen molar-refractivity contribution in [2.75, 3.05) is 10.0 Å². The maximum Gasteiger partial charge on any atom is 0.263 e. The van der Waals surface area contributed by atoms with Gasteiger partial charge in [0.05, 0.1) is 26.8 Å². The van der Waals surface area contributed by atoms with Crippen molar-refractivity contribution < 1.29 is 8.42 Å². The largest absolute Gasteiger partial charge is 0.381 e. The molecule has 2 rings (SSSR count). The molecule has 0 saturated carbocycles. The van der Waals surface area contributed by atoms with Crippen LogP contribution in [0, 0.1) is 0 Å². The van der Waals surface area contributed by atoms with E-state index >= 15 is 0 Å². The van der Waals surface area contributed by atoms with E-state index in [-0.39, 0.29) is 15.7 Å². The topological polar surface area (TPSA) is 71.1 Å². The third kappa shape index (κ3) is 4.73. The van der Waals surface area contributed by atoms with Crippen LogP contribution in [0.15, 0.2) is 41.4 Å². The number of sulfonamides is 1. The number of anilines is 2. The Balaban J connectivity index is 2.15. The molecule has 0 spiro atoms. The van der Waals surface area contributed by atoms with E-state index in [1.807, 2.05) is 0 Å². The number of rotatable bonds is 6. The number of aromatic nitrogens is 1. The molecule has 0 saturated heterocycles. The molecule has 124 valence electrons. The molecule has 23 heavy (non-hydrogen) atoms. The van der Waals surface area contributed by atoms with Crippen molar-refractivity contribution in [1.82, 2.24) is 4.98 Å². The highest BCUT2D eigenvalue weighted by molar-refractivity contribution is 7.92. The molecule has 1 atom stereocenters. The highest BCUT2D eigenvalue weighted by atomic mass is 35.5. The number of pyridine rings is 1. The lowest BCUT2D eigenvalue weighted by atomic mass is 10.2. The fourth-order valence-corrected chi connectivity index (χ4v) is 3.16. The van der Waals surface area contributed by atoms with Gasteiger partial charge in [0.15, 0.2) is 0 Å². The molecule has 0 radical (unpaired) electrons. The summed E-state index contributed by atoms with van der Waals surface area (Å²) in [5.74, 6) is 0.228. The summed E-state index contributed by atoms with van der Waals surface area (Å²) in [6.07, 6.45) is 2.56. The number of hydrogen-bond donors (Lipinski definition) is 2. The van der Waals surface area contributed by atoms with Crippen molar-refractivity contribution in [2.45, 2.75) is 31.2 Å². The number of nitrogens with zero attached hydrogens (tertiary/aromatic N) is 1. The zero-order valence-electron chi connectivity index (χ0n) is 12.7. The molecule has 8 heteroatoms. The van der Waals surface area contributed by atoms with Crippen LogP contribution in [0.3, 0.4) is 0 Å². The molecular weight excluding hydrogens is 357 g/mol. The van der Waals surface area contributed by atoms with E-state index in [1.54, 1.807) is 18.3 Å². The lowest BCUT2D eigenvalue weighted by Gasteiger charge is -2.13. The zero-order valence-corrected chi connectivity index (χ0v) is 15.0. The maximum absolute atomic E-state index is 12.3. The Labute approximate surface area is 146 Å². The molecule has 1 unspecified atom stereocenters. The smallest absolute Gasteiger partial charge is 0.263 e. The standard InChI is InChI=1S/C15H17Cl2N3O2S/c1-3-10(2)19-11-4-7-15(18-9-11)20-23(21,22)12-5-6-13(16)14(17)8-12/h4-10,19H,3H2,1-2H3,(H,18,20). The molecule has 0 amide bonds. The molecule has 1 heterocycles. The van der Waals surface area contributed by atoms with Gasteiger partial charge in [-0.3, -0.25) is 4.72 Å². The second kappa shape index (κ2) is 7.38. The first kappa shape index (κ1) is 17.8. The molecule has 0 aliphatic heterocycles. The fraction of sp³-hybridized carbons (Fsp3) is 0.267. The minimum absolute atomic E-state index is 0.0236. The molecule has 0 aliphatic rings. The van der Waals surface area contributed by atoms with E-state index in [4.69, 9.17) is 23.2 Å². The summed E-state index contributed by atoms with van der Waals surface area (Å²) in [5.41, 5.74) is 0.830. The predicted molar refractivity (Wildman–Crippen MR) is 94.9 cm³/mol. The van der Waals surface area contributed by atoms with Gasteiger partial charge in [-0.2, -0.15) is 0 Å². The van der Waals surface area contributed by atoms with Crippen LogP contribution < -0.4 is 10.0 Å². The van der Waals surface area contributed by atoms with Crippen molar-refractivity contribution in [1.29, 1.82) is 0 Å². The number of benzene rings is 1. The van der Waals surface area contributed by atoms with Gasteiger partial charge in [-0.1, -0.05) is 30.1 Å². The summed E-state index contributed by atoms with van der Waals surface area (Å²) in [6.45, 7) is 4.13. The summed E-state index contributed by atoms with van der Waals surface area (Å²) >= 11 is 11.7. The Morgan fingerprint density at radius 2 is 1.91 bits per heavy atom. The van der Waals surface area contributed by atoms with Gasteiger partial charge >= 0.3 is 0 Å². The average Bonchev–Trinajstić information content (AvgIpc) is 2.51. The van der Waals surface area contributed by atoms with Gasteiger partial charge in [0.25, 0.3) is 10.0 Å². The third-order valence-corrected chi connectivity index (χ3v) is 5.32. The molecule has 2 aromatic rings. The van der Waals surface area contributed by atoms with Gasteiger partial charge in [-0.05, 0) is 43.7 Å². The van der Waals surface area contributed by atoms with Crippen molar-refractivity contribution in [2.24, 2.45) is 0 Å². The van der Waals surface area contributed by atoms with Gasteiger partial charge in [0, 0.05) is 6.04 Å². The minimum atomic E-state index is -3.77. The molecule has 1 aromatic carbocycles. The second-order valence-electron chi connectivity index (χ2n) is 5.07. The first-order valence-electron chi connectivity index (χ1n) is 7.02. The summed E-state index contributed by atoms with van der Waals surface area (Å²) in [6, 6.07) is 7.80. The van der Waals surface area contributed by atoms with Crippen LogP contribution in [0.5, 0.6) is 0 Å². The number of hydrogen-bond acceptors (Lipinski definition) is 4. The van der Waals surface area contributed by atoms with Crippen molar-refractivity contribution in [3.05, 3.63) is 46.6 Å². The lowest BCUT2D eigenvalue weighted by molar-refractivity contribution is 0.601. The summed E-state index contributed by atoms with van der Waals surface area (Å²) < 4.78 is 27.0. The van der Waals surface area contributed by atoms with Crippen molar-refractivity contribution >= 4 is 44.7 Å². The minimum Gasteiger partial charge on any atom is -0.381 e. The van der Waals surface area contributed by atoms with Crippen LogP contribution in [0.1, 0.15) is 20.3 Å². The van der Waals surface area contributed by atoms with E-state index in [0.717, 1.165) is 12.1 Å². The highest BCUT2D eigenvalue weighted by Crippen LogP contribution is 2.25. The molecule has 2 N–H and O–H groups in total.